The van der Waals surface area contributed by atoms with Crippen molar-refractivity contribution in [3.63, 3.8) is 0 Å². The summed E-state index contributed by atoms with van der Waals surface area (Å²) in [6, 6.07) is 8.15. The molecule has 0 N–H and O–H groups in total. The average molecular weight is 413 g/mol. The van der Waals surface area contributed by atoms with Crippen LogP contribution in [-0.4, -0.2) is 17.4 Å². The first kappa shape index (κ1) is 21.4. The number of alkyl halides is 1. The van der Waals surface area contributed by atoms with Gasteiger partial charge in [-0.1, -0.05) is 47.0 Å². The van der Waals surface area contributed by atoms with Gasteiger partial charge in [0.2, 0.25) is 11.8 Å². The van der Waals surface area contributed by atoms with E-state index in [1.165, 1.54) is 0 Å². The molecular weight excluding hydrogens is 384 g/mol. The van der Waals surface area contributed by atoms with E-state index >= 15 is 0 Å². The lowest BCUT2D eigenvalue weighted by molar-refractivity contribution is -0.140. The van der Waals surface area contributed by atoms with E-state index in [-0.39, 0.29) is 11.8 Å². The van der Waals surface area contributed by atoms with Crippen molar-refractivity contribution in [1.82, 2.24) is 0 Å². The minimum atomic E-state index is -1.22. The summed E-state index contributed by atoms with van der Waals surface area (Å²) in [7, 11) is 0. The molecule has 0 radical (unpaired) electrons. The fraction of sp³-hybridized carbons (Fsp3) is 0.417. The van der Waals surface area contributed by atoms with Gasteiger partial charge in [-0.3, -0.25) is 19.4 Å². The number of hydrogen-bond donors (Lipinski definition) is 0. The molecule has 1 aliphatic heterocycles. The molecule has 154 valence electrons. The lowest BCUT2D eigenvalue weighted by atomic mass is 9.86. The van der Waals surface area contributed by atoms with Gasteiger partial charge in [0, 0.05) is 0 Å². The Bertz CT molecular complexity index is 900. The van der Waals surface area contributed by atoms with Gasteiger partial charge in [-0.05, 0) is 77.6 Å². The van der Waals surface area contributed by atoms with Crippen LogP contribution in [0.4, 0.5) is 11.4 Å². The molecule has 1 aliphatic rings. The predicted molar refractivity (Wildman–Crippen MR) is 120 cm³/mol. The molecule has 0 unspecified atom stereocenters. The van der Waals surface area contributed by atoms with Gasteiger partial charge in [0.15, 0.2) is 5.62 Å². The fourth-order valence-electron chi connectivity index (χ4n) is 4.52. The SMILES string of the molecule is Cc1cc(C)c(N2C(=O)C(C)(C)C(=O)N(c3c(C)cc(C)cc3C)C2Cl)c(C)c1. The van der Waals surface area contributed by atoms with Crippen molar-refractivity contribution in [1.29, 1.82) is 0 Å². The Morgan fingerprint density at radius 1 is 0.690 bits per heavy atom. The Morgan fingerprint density at radius 2 is 0.966 bits per heavy atom. The normalized spacial score (nSPS) is 17.3. The second-order valence-corrected chi connectivity index (χ2v) is 9.17. The molecule has 0 bridgehead atoms. The first-order valence-corrected chi connectivity index (χ1v) is 10.3. The minimum Gasteiger partial charge on any atom is -0.276 e. The molecule has 4 nitrogen and oxygen atoms in total. The van der Waals surface area contributed by atoms with Crippen LogP contribution < -0.4 is 9.80 Å². The van der Waals surface area contributed by atoms with Crippen molar-refractivity contribution in [3.05, 3.63) is 57.6 Å². The highest BCUT2D eigenvalue weighted by Gasteiger charge is 2.53. The van der Waals surface area contributed by atoms with Gasteiger partial charge in [0.1, 0.15) is 5.41 Å². The highest BCUT2D eigenvalue weighted by Crippen LogP contribution is 2.42. The van der Waals surface area contributed by atoms with Crippen LogP contribution in [0.3, 0.4) is 0 Å². The van der Waals surface area contributed by atoms with Crippen LogP contribution in [-0.2, 0) is 9.59 Å². The number of nitrogens with zero attached hydrogens (tertiary/aromatic N) is 2. The average Bonchev–Trinajstić information content (AvgIpc) is 2.58. The molecule has 1 heterocycles. The van der Waals surface area contributed by atoms with Crippen LogP contribution in [0.5, 0.6) is 0 Å². The molecule has 1 saturated heterocycles. The van der Waals surface area contributed by atoms with E-state index in [1.807, 2.05) is 65.8 Å². The number of carbonyl (C=O) groups excluding carboxylic acids is 2. The molecule has 3 rings (SSSR count). The highest BCUT2D eigenvalue weighted by molar-refractivity contribution is 6.33. The Balaban J connectivity index is 2.26. The first-order valence-electron chi connectivity index (χ1n) is 9.85. The molecule has 2 amide bonds. The van der Waals surface area contributed by atoms with Crippen LogP contribution >= 0.6 is 11.6 Å². The maximum atomic E-state index is 13.5. The summed E-state index contributed by atoms with van der Waals surface area (Å²) in [6.07, 6.45) is 0. The topological polar surface area (TPSA) is 40.6 Å². The van der Waals surface area contributed by atoms with Crippen molar-refractivity contribution < 1.29 is 9.59 Å². The number of anilines is 2. The molecule has 0 saturated carbocycles. The van der Waals surface area contributed by atoms with E-state index in [1.54, 1.807) is 23.6 Å². The zero-order valence-corrected chi connectivity index (χ0v) is 19.2. The molecule has 1 fully saturated rings. The van der Waals surface area contributed by atoms with Crippen LogP contribution in [0.25, 0.3) is 0 Å². The zero-order valence-electron chi connectivity index (χ0n) is 18.5. The lowest BCUT2D eigenvalue weighted by Gasteiger charge is -2.47. The van der Waals surface area contributed by atoms with Crippen molar-refractivity contribution in [2.45, 2.75) is 61.0 Å². The number of halogens is 1. The second-order valence-electron chi connectivity index (χ2n) is 8.78. The third-order valence-electron chi connectivity index (χ3n) is 5.69. The summed E-state index contributed by atoms with van der Waals surface area (Å²) in [5.74, 6) is -0.563. The Kier molecular flexibility index (Phi) is 5.29. The molecule has 5 heteroatoms. The van der Waals surface area contributed by atoms with Crippen molar-refractivity contribution in [2.24, 2.45) is 5.41 Å². The molecular formula is C24H29ClN2O2. The fourth-order valence-corrected chi connectivity index (χ4v) is 4.90. The highest BCUT2D eigenvalue weighted by atomic mass is 35.5. The van der Waals surface area contributed by atoms with E-state index < -0.39 is 11.0 Å². The number of aryl methyl sites for hydroxylation is 6. The summed E-state index contributed by atoms with van der Waals surface area (Å²) in [5.41, 5.74) is 5.47. The summed E-state index contributed by atoms with van der Waals surface area (Å²) >= 11 is 6.91. The van der Waals surface area contributed by atoms with Gasteiger partial charge < -0.3 is 0 Å². The molecule has 0 aliphatic carbocycles. The van der Waals surface area contributed by atoms with E-state index in [9.17, 15) is 9.59 Å². The zero-order chi connectivity index (χ0) is 21.8. The Labute approximate surface area is 178 Å². The van der Waals surface area contributed by atoms with E-state index in [4.69, 9.17) is 11.6 Å². The number of hydrogen-bond acceptors (Lipinski definition) is 2. The van der Waals surface area contributed by atoms with E-state index in [0.717, 1.165) is 44.8 Å². The largest absolute Gasteiger partial charge is 0.276 e. The quantitative estimate of drug-likeness (QED) is 0.373. The minimum absolute atomic E-state index is 0.281. The van der Waals surface area contributed by atoms with Gasteiger partial charge in [-0.15, -0.1) is 0 Å². The third-order valence-corrected chi connectivity index (χ3v) is 6.08. The van der Waals surface area contributed by atoms with Crippen LogP contribution in [0.15, 0.2) is 24.3 Å². The summed E-state index contributed by atoms with van der Waals surface area (Å²) in [4.78, 5) is 30.1. The van der Waals surface area contributed by atoms with Crippen LogP contribution in [0.1, 0.15) is 47.2 Å². The van der Waals surface area contributed by atoms with Gasteiger partial charge in [-0.2, -0.15) is 0 Å². The number of amides is 2. The van der Waals surface area contributed by atoms with Gasteiger partial charge >= 0.3 is 0 Å². The summed E-state index contributed by atoms with van der Waals surface area (Å²) < 4.78 is 0. The Morgan fingerprint density at radius 3 is 1.24 bits per heavy atom. The van der Waals surface area contributed by atoms with Crippen LogP contribution in [0, 0.1) is 47.0 Å². The second kappa shape index (κ2) is 7.17. The molecule has 0 aromatic heterocycles. The predicted octanol–water partition coefficient (Wildman–Crippen LogP) is 5.47. The van der Waals surface area contributed by atoms with E-state index in [0.29, 0.717) is 0 Å². The first-order chi connectivity index (χ1) is 13.4. The number of rotatable bonds is 2. The van der Waals surface area contributed by atoms with Gasteiger partial charge in [0.25, 0.3) is 0 Å². The summed E-state index contributed by atoms with van der Waals surface area (Å²) in [5, 5.41) is 0. The lowest BCUT2D eigenvalue weighted by Crippen LogP contribution is -2.65. The maximum absolute atomic E-state index is 13.5. The molecule has 2 aromatic carbocycles. The molecule has 29 heavy (non-hydrogen) atoms. The van der Waals surface area contributed by atoms with Crippen molar-refractivity contribution >= 4 is 34.8 Å². The van der Waals surface area contributed by atoms with E-state index in [2.05, 4.69) is 0 Å². The van der Waals surface area contributed by atoms with Crippen molar-refractivity contribution in [3.8, 4) is 0 Å². The smallest absolute Gasteiger partial charge is 0.244 e. The maximum Gasteiger partial charge on any atom is 0.244 e. The Hall–Kier alpha value is -2.33. The third kappa shape index (κ3) is 3.33. The molecule has 0 spiro atoms. The number of carbonyl (C=O) groups is 2. The monoisotopic (exact) mass is 412 g/mol. The molecule has 0 atom stereocenters. The standard InChI is InChI=1S/C24H29ClN2O2/c1-13-9-15(3)19(16(4)10-13)26-21(28)24(7,8)22(29)27(23(26)25)20-17(5)11-14(2)12-18(20)6/h9-12,23H,1-8H3. The van der Waals surface area contributed by atoms with Gasteiger partial charge in [-0.25, -0.2) is 0 Å². The van der Waals surface area contributed by atoms with Gasteiger partial charge in [0.05, 0.1) is 11.4 Å². The molecule has 2 aromatic rings. The number of benzene rings is 2. The van der Waals surface area contributed by atoms with Crippen LogP contribution in [0.2, 0.25) is 0 Å². The van der Waals surface area contributed by atoms with Crippen molar-refractivity contribution in [2.75, 3.05) is 9.80 Å². The summed E-state index contributed by atoms with van der Waals surface area (Å²) in [6.45, 7) is 15.3.